The number of ketones is 1. The Kier molecular flexibility index (Phi) is 8.12. The highest BCUT2D eigenvalue weighted by Crippen LogP contribution is 2.39. The zero-order valence-electron chi connectivity index (χ0n) is 20.2. The molecule has 2 aromatic carbocycles. The number of rotatable bonds is 10. The predicted octanol–water partition coefficient (Wildman–Crippen LogP) is 4.02. The lowest BCUT2D eigenvalue weighted by atomic mass is 9.95. The van der Waals surface area contributed by atoms with E-state index in [1.807, 2.05) is 57.1 Å². The van der Waals surface area contributed by atoms with Gasteiger partial charge in [0.15, 0.2) is 0 Å². The van der Waals surface area contributed by atoms with E-state index < -0.39 is 17.7 Å². The molecular formula is C27H32N2O5. The Morgan fingerprint density at radius 1 is 1.09 bits per heavy atom. The molecule has 3 rings (SSSR count). The summed E-state index contributed by atoms with van der Waals surface area (Å²) < 4.78 is 11.2. The van der Waals surface area contributed by atoms with E-state index in [9.17, 15) is 14.7 Å². The van der Waals surface area contributed by atoms with Crippen molar-refractivity contribution in [3.63, 3.8) is 0 Å². The molecule has 180 valence electrons. The Morgan fingerprint density at radius 2 is 1.71 bits per heavy atom. The molecular weight excluding hydrogens is 432 g/mol. The van der Waals surface area contributed by atoms with Crippen molar-refractivity contribution in [1.82, 2.24) is 9.80 Å². The minimum atomic E-state index is -0.704. The Bertz CT molecular complexity index is 1060. The van der Waals surface area contributed by atoms with Crippen LogP contribution < -0.4 is 9.47 Å². The van der Waals surface area contributed by atoms with Crippen molar-refractivity contribution < 1.29 is 24.2 Å². The molecule has 1 unspecified atom stereocenters. The summed E-state index contributed by atoms with van der Waals surface area (Å²) >= 11 is 0. The number of carbonyl (C=O) groups is 2. The zero-order valence-corrected chi connectivity index (χ0v) is 20.2. The first-order valence-corrected chi connectivity index (χ1v) is 11.3. The lowest BCUT2D eigenvalue weighted by Crippen LogP contribution is -2.35. The minimum absolute atomic E-state index is 0.0232. The predicted molar refractivity (Wildman–Crippen MR) is 132 cm³/mol. The average Bonchev–Trinajstić information content (AvgIpc) is 3.06. The van der Waals surface area contributed by atoms with Crippen LogP contribution in [0, 0.1) is 0 Å². The Balaban J connectivity index is 2.04. The molecule has 0 saturated carbocycles. The summed E-state index contributed by atoms with van der Waals surface area (Å²) in [6, 6.07) is 13.3. The van der Waals surface area contributed by atoms with Gasteiger partial charge < -0.3 is 24.4 Å². The maximum Gasteiger partial charge on any atom is 0.295 e. The van der Waals surface area contributed by atoms with Crippen LogP contribution in [0.5, 0.6) is 11.5 Å². The van der Waals surface area contributed by atoms with Gasteiger partial charge in [-0.1, -0.05) is 24.8 Å². The molecule has 1 aliphatic heterocycles. The smallest absolute Gasteiger partial charge is 0.295 e. The van der Waals surface area contributed by atoms with Gasteiger partial charge in [-0.25, -0.2) is 0 Å². The van der Waals surface area contributed by atoms with Gasteiger partial charge in [-0.15, -0.1) is 0 Å². The van der Waals surface area contributed by atoms with Crippen molar-refractivity contribution >= 4 is 17.4 Å². The molecule has 2 aromatic rings. The molecule has 0 aromatic heterocycles. The summed E-state index contributed by atoms with van der Waals surface area (Å²) in [4.78, 5) is 29.6. The second-order valence-corrected chi connectivity index (χ2v) is 8.66. The van der Waals surface area contributed by atoms with Crippen molar-refractivity contribution in [2.75, 3.05) is 33.8 Å². The molecule has 1 saturated heterocycles. The highest BCUT2D eigenvalue weighted by molar-refractivity contribution is 6.46. The van der Waals surface area contributed by atoms with Gasteiger partial charge in [0.1, 0.15) is 23.9 Å². The number of likely N-dealkylation sites (N-methyl/N-ethyl adjacent to an activating group) is 1. The van der Waals surface area contributed by atoms with Crippen LogP contribution >= 0.6 is 0 Å². The number of nitrogens with zero attached hydrogens (tertiary/aromatic N) is 2. The molecule has 0 spiro atoms. The standard InChI is InChI=1S/C27H32N2O5/c1-6-17-33-21-11-9-20(10-12-21)25(30)23-24(19-7-13-22(14-8-19)34-18(2)3)29(16-15-28(4)5)27(32)26(23)31/h6-14,18,24,30H,1,15-17H2,2-5H3/b25-23-. The van der Waals surface area contributed by atoms with Crippen molar-refractivity contribution in [3.05, 3.63) is 77.9 Å². The van der Waals surface area contributed by atoms with E-state index in [4.69, 9.17) is 9.47 Å². The molecule has 1 amide bonds. The number of aliphatic hydroxyl groups excluding tert-OH is 1. The number of benzene rings is 2. The van der Waals surface area contributed by atoms with E-state index in [-0.39, 0.29) is 17.4 Å². The van der Waals surface area contributed by atoms with Crippen LogP contribution in [-0.4, -0.2) is 66.5 Å². The third-order valence-corrected chi connectivity index (χ3v) is 5.39. The molecule has 1 N–H and O–H groups in total. The van der Waals surface area contributed by atoms with Gasteiger partial charge in [-0.05, 0) is 69.9 Å². The second-order valence-electron chi connectivity index (χ2n) is 8.66. The molecule has 0 radical (unpaired) electrons. The van der Waals surface area contributed by atoms with Crippen LogP contribution in [0.25, 0.3) is 5.76 Å². The fourth-order valence-corrected chi connectivity index (χ4v) is 3.79. The summed E-state index contributed by atoms with van der Waals surface area (Å²) in [6.07, 6.45) is 1.66. The molecule has 0 bridgehead atoms. The fourth-order valence-electron chi connectivity index (χ4n) is 3.79. The van der Waals surface area contributed by atoms with Gasteiger partial charge in [-0.2, -0.15) is 0 Å². The van der Waals surface area contributed by atoms with Gasteiger partial charge in [0.2, 0.25) is 0 Å². The van der Waals surface area contributed by atoms with E-state index in [1.54, 1.807) is 30.3 Å². The van der Waals surface area contributed by atoms with Crippen LogP contribution in [0.3, 0.4) is 0 Å². The monoisotopic (exact) mass is 464 g/mol. The van der Waals surface area contributed by atoms with Crippen LogP contribution in [0.2, 0.25) is 0 Å². The van der Waals surface area contributed by atoms with Gasteiger partial charge >= 0.3 is 0 Å². The van der Waals surface area contributed by atoms with Crippen molar-refractivity contribution in [1.29, 1.82) is 0 Å². The fraction of sp³-hybridized carbons (Fsp3) is 0.333. The highest BCUT2D eigenvalue weighted by atomic mass is 16.5. The van der Waals surface area contributed by atoms with E-state index in [2.05, 4.69) is 6.58 Å². The number of carbonyl (C=O) groups excluding carboxylic acids is 2. The molecule has 1 heterocycles. The van der Waals surface area contributed by atoms with Crippen molar-refractivity contribution in [3.8, 4) is 11.5 Å². The van der Waals surface area contributed by atoms with Crippen LogP contribution in [0.1, 0.15) is 31.0 Å². The van der Waals surface area contributed by atoms with Gasteiger partial charge in [0, 0.05) is 18.7 Å². The molecule has 7 nitrogen and oxygen atoms in total. The zero-order chi connectivity index (χ0) is 24.8. The Morgan fingerprint density at radius 3 is 2.26 bits per heavy atom. The number of ether oxygens (including phenoxy) is 2. The lowest BCUT2D eigenvalue weighted by molar-refractivity contribution is -0.140. The van der Waals surface area contributed by atoms with Gasteiger partial charge in [0.05, 0.1) is 17.7 Å². The molecule has 1 fully saturated rings. The van der Waals surface area contributed by atoms with E-state index in [1.165, 1.54) is 4.90 Å². The maximum absolute atomic E-state index is 13.1. The first kappa shape index (κ1) is 25.1. The quantitative estimate of drug-likeness (QED) is 0.248. The third kappa shape index (κ3) is 5.66. The highest BCUT2D eigenvalue weighted by Gasteiger charge is 2.45. The van der Waals surface area contributed by atoms with E-state index in [0.717, 1.165) is 5.56 Å². The lowest BCUT2D eigenvalue weighted by Gasteiger charge is -2.26. The van der Waals surface area contributed by atoms with Gasteiger partial charge in [-0.3, -0.25) is 9.59 Å². The number of amides is 1. The summed E-state index contributed by atoms with van der Waals surface area (Å²) in [5.74, 6) is -0.231. The number of Topliss-reactive ketones (excluding diaryl/α,β-unsaturated/α-hetero) is 1. The number of hydrogen-bond donors (Lipinski definition) is 1. The summed E-state index contributed by atoms with van der Waals surface area (Å²) in [5.41, 5.74) is 1.23. The maximum atomic E-state index is 13.1. The topological polar surface area (TPSA) is 79.3 Å². The minimum Gasteiger partial charge on any atom is -0.507 e. The average molecular weight is 465 g/mol. The van der Waals surface area contributed by atoms with E-state index in [0.29, 0.717) is 36.8 Å². The van der Waals surface area contributed by atoms with E-state index >= 15 is 0 Å². The van der Waals surface area contributed by atoms with Crippen LogP contribution in [0.4, 0.5) is 0 Å². The number of aliphatic hydroxyl groups is 1. The molecule has 0 aliphatic carbocycles. The van der Waals surface area contributed by atoms with Gasteiger partial charge in [0.25, 0.3) is 11.7 Å². The first-order chi connectivity index (χ1) is 16.2. The van der Waals surface area contributed by atoms with Crippen molar-refractivity contribution in [2.45, 2.75) is 26.0 Å². The molecule has 1 atom stereocenters. The number of hydrogen-bond acceptors (Lipinski definition) is 6. The summed E-state index contributed by atoms with van der Waals surface area (Å²) in [5, 5.41) is 11.2. The Hall–Kier alpha value is -3.58. The second kappa shape index (κ2) is 11.0. The SMILES string of the molecule is C=CCOc1ccc(/C(O)=C2/C(=O)C(=O)N(CCN(C)C)C2c2ccc(OC(C)C)cc2)cc1. The third-order valence-electron chi connectivity index (χ3n) is 5.39. The Labute approximate surface area is 200 Å². The summed E-state index contributed by atoms with van der Waals surface area (Å²) in [6.45, 7) is 8.79. The molecule has 7 heteroatoms. The largest absolute Gasteiger partial charge is 0.507 e. The normalized spacial score (nSPS) is 17.5. The number of likely N-dealkylation sites (tertiary alicyclic amines) is 1. The molecule has 1 aliphatic rings. The molecule has 34 heavy (non-hydrogen) atoms. The van der Waals surface area contributed by atoms with Crippen molar-refractivity contribution in [2.24, 2.45) is 0 Å². The first-order valence-electron chi connectivity index (χ1n) is 11.3. The van der Waals surface area contributed by atoms with Crippen LogP contribution in [0.15, 0.2) is 66.8 Å². The summed E-state index contributed by atoms with van der Waals surface area (Å²) in [7, 11) is 3.80. The van der Waals surface area contributed by atoms with Crippen LogP contribution in [-0.2, 0) is 9.59 Å².